The van der Waals surface area contributed by atoms with Crippen molar-refractivity contribution in [3.63, 3.8) is 0 Å². The minimum atomic E-state index is 0.250. The number of hydrogen-bond donors (Lipinski definition) is 0. The first kappa shape index (κ1) is 18.9. The molecule has 1 aromatic heterocycles. The Morgan fingerprint density at radius 2 is 2.00 bits per heavy atom. The summed E-state index contributed by atoms with van der Waals surface area (Å²) in [6.07, 6.45) is 13.4. The minimum absolute atomic E-state index is 0.250. The molecule has 3 heterocycles. The van der Waals surface area contributed by atoms with Crippen LogP contribution in [-0.4, -0.2) is 59.6 Å². The monoisotopic (exact) mass is 371 g/mol. The Labute approximate surface area is 163 Å². The summed E-state index contributed by atoms with van der Waals surface area (Å²) >= 11 is 0. The van der Waals surface area contributed by atoms with Crippen molar-refractivity contribution < 1.29 is 9.53 Å². The van der Waals surface area contributed by atoms with Gasteiger partial charge in [-0.05, 0) is 36.8 Å². The third-order valence-electron chi connectivity index (χ3n) is 6.96. The molecule has 5 nitrogen and oxygen atoms in total. The van der Waals surface area contributed by atoms with Gasteiger partial charge in [0.15, 0.2) is 0 Å². The van der Waals surface area contributed by atoms with Crippen molar-refractivity contribution in [2.45, 2.75) is 69.6 Å². The molecule has 0 radical (unpaired) electrons. The second-order valence-corrected chi connectivity index (χ2v) is 8.50. The summed E-state index contributed by atoms with van der Waals surface area (Å²) in [5, 5.41) is 0. The van der Waals surface area contributed by atoms with Crippen LogP contribution in [-0.2, 0) is 9.53 Å². The lowest BCUT2D eigenvalue weighted by atomic mass is 9.87. The Hall–Kier alpha value is -1.46. The maximum Gasteiger partial charge on any atom is 0.222 e. The molecular weight excluding hydrogens is 338 g/mol. The smallest absolute Gasteiger partial charge is 0.222 e. The zero-order valence-electron chi connectivity index (χ0n) is 16.6. The number of ether oxygens (including phenoxy) is 1. The van der Waals surface area contributed by atoms with Crippen LogP contribution in [0.5, 0.6) is 0 Å². The molecule has 1 amide bonds. The van der Waals surface area contributed by atoms with Crippen LogP contribution in [0.2, 0.25) is 0 Å². The van der Waals surface area contributed by atoms with Gasteiger partial charge in [-0.15, -0.1) is 0 Å². The number of hydrogen-bond acceptors (Lipinski definition) is 4. The lowest BCUT2D eigenvalue weighted by Gasteiger charge is -2.53. The molecule has 0 bridgehead atoms. The van der Waals surface area contributed by atoms with Crippen molar-refractivity contribution in [2.24, 2.45) is 5.92 Å². The molecule has 3 fully saturated rings. The number of carbonyl (C=O) groups is 1. The number of piperidine rings is 1. The van der Waals surface area contributed by atoms with E-state index in [1.807, 2.05) is 18.5 Å². The third-order valence-corrected chi connectivity index (χ3v) is 6.96. The van der Waals surface area contributed by atoms with E-state index in [-0.39, 0.29) is 6.10 Å². The van der Waals surface area contributed by atoms with Crippen LogP contribution < -0.4 is 0 Å². The van der Waals surface area contributed by atoms with Crippen LogP contribution in [0.4, 0.5) is 0 Å². The standard InChI is InChI=1S/C22H33N3O2/c1-27-20-16-25(22(20)18-7-4-12-23-15-18)19-10-13-24(14-11-19)21(26)9-8-17-5-2-3-6-17/h4,7,12,15,17,19-20,22H,2-3,5-6,8-11,13-14,16H2,1H3. The van der Waals surface area contributed by atoms with Crippen molar-refractivity contribution in [1.29, 1.82) is 0 Å². The Kier molecular flexibility index (Phi) is 6.08. The van der Waals surface area contributed by atoms with E-state index < -0.39 is 0 Å². The van der Waals surface area contributed by atoms with E-state index in [2.05, 4.69) is 20.9 Å². The van der Waals surface area contributed by atoms with Gasteiger partial charge >= 0.3 is 0 Å². The van der Waals surface area contributed by atoms with Gasteiger partial charge in [-0.1, -0.05) is 31.7 Å². The number of aromatic nitrogens is 1. The molecule has 1 aromatic rings. The summed E-state index contributed by atoms with van der Waals surface area (Å²) < 4.78 is 5.68. The van der Waals surface area contributed by atoms with Gasteiger partial charge in [0.25, 0.3) is 0 Å². The van der Waals surface area contributed by atoms with E-state index in [0.29, 0.717) is 18.0 Å². The number of likely N-dealkylation sites (tertiary alicyclic amines) is 2. The van der Waals surface area contributed by atoms with Crippen molar-refractivity contribution >= 4 is 5.91 Å². The molecule has 2 saturated heterocycles. The van der Waals surface area contributed by atoms with E-state index in [1.54, 1.807) is 7.11 Å². The van der Waals surface area contributed by atoms with Crippen LogP contribution in [0.15, 0.2) is 24.5 Å². The topological polar surface area (TPSA) is 45.7 Å². The Bertz CT molecular complexity index is 609. The summed E-state index contributed by atoms with van der Waals surface area (Å²) in [5.41, 5.74) is 1.24. The Balaban J connectivity index is 1.28. The molecule has 2 atom stereocenters. The van der Waals surface area contributed by atoms with Gasteiger partial charge in [0.05, 0.1) is 12.1 Å². The van der Waals surface area contributed by atoms with Gasteiger partial charge in [0.2, 0.25) is 5.91 Å². The zero-order chi connectivity index (χ0) is 18.6. The van der Waals surface area contributed by atoms with Gasteiger partial charge in [0, 0.05) is 51.6 Å². The van der Waals surface area contributed by atoms with Crippen molar-refractivity contribution in [3.05, 3.63) is 30.1 Å². The SMILES string of the molecule is COC1CN(C2CCN(C(=O)CCC3CCCC3)CC2)C1c1cccnc1. The van der Waals surface area contributed by atoms with Crippen molar-refractivity contribution in [3.8, 4) is 0 Å². The number of rotatable bonds is 6. The van der Waals surface area contributed by atoms with Gasteiger partial charge in [-0.25, -0.2) is 0 Å². The quantitative estimate of drug-likeness (QED) is 0.769. The normalized spacial score (nSPS) is 27.7. The summed E-state index contributed by atoms with van der Waals surface area (Å²) in [6.45, 7) is 2.79. The molecule has 1 aliphatic carbocycles. The van der Waals surface area contributed by atoms with Crippen LogP contribution in [0.3, 0.4) is 0 Å². The molecule has 4 rings (SSSR count). The molecule has 0 spiro atoms. The van der Waals surface area contributed by atoms with Gasteiger partial charge in [0.1, 0.15) is 0 Å². The molecule has 2 unspecified atom stereocenters. The average Bonchev–Trinajstić information content (AvgIpc) is 3.21. The van der Waals surface area contributed by atoms with Crippen molar-refractivity contribution in [1.82, 2.24) is 14.8 Å². The molecule has 2 aliphatic heterocycles. The maximum atomic E-state index is 12.6. The number of nitrogens with zero attached hydrogens (tertiary/aromatic N) is 3. The largest absolute Gasteiger partial charge is 0.378 e. The fourth-order valence-electron chi connectivity index (χ4n) is 5.27. The molecule has 3 aliphatic rings. The number of carbonyl (C=O) groups excluding carboxylic acids is 1. The number of amides is 1. The molecular formula is C22H33N3O2. The predicted molar refractivity (Wildman–Crippen MR) is 105 cm³/mol. The zero-order valence-corrected chi connectivity index (χ0v) is 16.6. The molecule has 27 heavy (non-hydrogen) atoms. The Morgan fingerprint density at radius 1 is 1.22 bits per heavy atom. The summed E-state index contributed by atoms with van der Waals surface area (Å²) in [7, 11) is 1.80. The van der Waals surface area contributed by atoms with E-state index >= 15 is 0 Å². The first-order chi connectivity index (χ1) is 13.3. The molecule has 5 heteroatoms. The van der Waals surface area contributed by atoms with Gasteiger partial charge in [-0.3, -0.25) is 14.7 Å². The van der Waals surface area contributed by atoms with Gasteiger partial charge < -0.3 is 9.64 Å². The fraction of sp³-hybridized carbons (Fsp3) is 0.727. The van der Waals surface area contributed by atoms with E-state index in [9.17, 15) is 4.79 Å². The number of pyridine rings is 1. The first-order valence-corrected chi connectivity index (χ1v) is 10.7. The fourth-order valence-corrected chi connectivity index (χ4v) is 5.27. The van der Waals surface area contributed by atoms with Crippen LogP contribution in [0.1, 0.15) is 63.0 Å². The van der Waals surface area contributed by atoms with E-state index in [4.69, 9.17) is 4.74 Å². The molecule has 0 N–H and O–H groups in total. The lowest BCUT2D eigenvalue weighted by Crippen LogP contribution is -2.60. The Morgan fingerprint density at radius 3 is 2.67 bits per heavy atom. The molecule has 148 valence electrons. The van der Waals surface area contributed by atoms with E-state index in [0.717, 1.165) is 51.2 Å². The summed E-state index contributed by atoms with van der Waals surface area (Å²) in [5.74, 6) is 1.18. The highest BCUT2D eigenvalue weighted by atomic mass is 16.5. The average molecular weight is 372 g/mol. The minimum Gasteiger partial charge on any atom is -0.378 e. The highest BCUT2D eigenvalue weighted by molar-refractivity contribution is 5.76. The second-order valence-electron chi connectivity index (χ2n) is 8.50. The molecule has 1 saturated carbocycles. The summed E-state index contributed by atoms with van der Waals surface area (Å²) in [4.78, 5) is 21.5. The molecule has 0 aromatic carbocycles. The van der Waals surface area contributed by atoms with E-state index in [1.165, 1.54) is 31.2 Å². The van der Waals surface area contributed by atoms with Crippen LogP contribution >= 0.6 is 0 Å². The predicted octanol–water partition coefficient (Wildman–Crippen LogP) is 3.41. The highest BCUT2D eigenvalue weighted by Crippen LogP contribution is 2.39. The lowest BCUT2D eigenvalue weighted by molar-refractivity contribution is -0.138. The van der Waals surface area contributed by atoms with Crippen molar-refractivity contribution in [2.75, 3.05) is 26.7 Å². The van der Waals surface area contributed by atoms with Crippen LogP contribution in [0, 0.1) is 5.92 Å². The highest BCUT2D eigenvalue weighted by Gasteiger charge is 2.44. The first-order valence-electron chi connectivity index (χ1n) is 10.7. The summed E-state index contributed by atoms with van der Waals surface area (Å²) in [6, 6.07) is 5.00. The maximum absolute atomic E-state index is 12.6. The number of methoxy groups -OCH3 is 1. The van der Waals surface area contributed by atoms with Crippen LogP contribution in [0.25, 0.3) is 0 Å². The second kappa shape index (κ2) is 8.70. The van der Waals surface area contributed by atoms with Gasteiger partial charge in [-0.2, -0.15) is 0 Å². The third kappa shape index (κ3) is 4.19.